The molecule has 4 heteroatoms. The van der Waals surface area contributed by atoms with Gasteiger partial charge in [0.25, 0.3) is 0 Å². The van der Waals surface area contributed by atoms with Gasteiger partial charge in [-0.05, 0) is 25.7 Å². The van der Waals surface area contributed by atoms with Crippen LogP contribution in [-0.2, 0) is 14.3 Å². The van der Waals surface area contributed by atoms with Crippen molar-refractivity contribution in [2.24, 2.45) is 5.92 Å². The summed E-state index contributed by atoms with van der Waals surface area (Å²) in [4.78, 5) is 24.1. The number of terminal acetylenes is 1. The minimum atomic E-state index is -0.812. The van der Waals surface area contributed by atoms with Crippen molar-refractivity contribution in [3.8, 4) is 12.3 Å². The fourth-order valence-electron chi connectivity index (χ4n) is 1.26. The number of rotatable bonds is 4. The molecule has 15 heavy (non-hydrogen) atoms. The summed E-state index contributed by atoms with van der Waals surface area (Å²) in [6, 6.07) is 0. The summed E-state index contributed by atoms with van der Waals surface area (Å²) in [6.07, 6.45) is 7.36. The van der Waals surface area contributed by atoms with E-state index in [9.17, 15) is 9.59 Å². The molecule has 1 saturated carbocycles. The quantitative estimate of drug-likeness (QED) is 0.383. The van der Waals surface area contributed by atoms with Crippen LogP contribution in [0.3, 0.4) is 0 Å². The average Bonchev–Trinajstić information content (AvgIpc) is 3.00. The maximum atomic E-state index is 11.5. The highest BCUT2D eigenvalue weighted by atomic mass is 16.5. The first-order chi connectivity index (χ1) is 7.19. The standard InChI is InChI=1S/C11H15NO3/c1-3-7-12(8-9-5-6-9)10(13)11(14)15-4-2/h1,9H,4-8H2,2H3. The second-order valence-electron chi connectivity index (χ2n) is 3.55. The predicted octanol–water partition coefficient (Wildman–Crippen LogP) is 0.421. The first-order valence-electron chi connectivity index (χ1n) is 5.08. The van der Waals surface area contributed by atoms with Crippen molar-refractivity contribution in [2.45, 2.75) is 19.8 Å². The van der Waals surface area contributed by atoms with Crippen molar-refractivity contribution in [2.75, 3.05) is 19.7 Å². The monoisotopic (exact) mass is 209 g/mol. The van der Waals surface area contributed by atoms with Crippen molar-refractivity contribution >= 4 is 11.9 Å². The third kappa shape index (κ3) is 3.62. The number of carbonyl (C=O) groups is 2. The highest BCUT2D eigenvalue weighted by Gasteiger charge is 2.29. The number of hydrogen-bond acceptors (Lipinski definition) is 3. The highest BCUT2D eigenvalue weighted by molar-refractivity contribution is 6.32. The lowest BCUT2D eigenvalue weighted by Gasteiger charge is -2.18. The van der Waals surface area contributed by atoms with E-state index in [0.29, 0.717) is 12.5 Å². The zero-order chi connectivity index (χ0) is 11.3. The van der Waals surface area contributed by atoms with Gasteiger partial charge in [-0.15, -0.1) is 6.42 Å². The molecule has 0 spiro atoms. The lowest BCUT2D eigenvalue weighted by molar-refractivity contribution is -0.159. The zero-order valence-corrected chi connectivity index (χ0v) is 8.86. The third-order valence-electron chi connectivity index (χ3n) is 2.19. The van der Waals surface area contributed by atoms with Gasteiger partial charge in [0.1, 0.15) is 0 Å². The number of carbonyl (C=O) groups excluding carboxylic acids is 2. The van der Waals surface area contributed by atoms with E-state index in [1.807, 2.05) is 0 Å². The van der Waals surface area contributed by atoms with E-state index >= 15 is 0 Å². The SMILES string of the molecule is C#CCN(CC1CC1)C(=O)C(=O)OCC. The Balaban J connectivity index is 2.49. The first-order valence-corrected chi connectivity index (χ1v) is 5.08. The second kappa shape index (κ2) is 5.40. The van der Waals surface area contributed by atoms with Crippen LogP contribution in [-0.4, -0.2) is 36.5 Å². The van der Waals surface area contributed by atoms with E-state index < -0.39 is 11.9 Å². The molecule has 0 aromatic heterocycles. The van der Waals surface area contributed by atoms with Gasteiger partial charge in [0.15, 0.2) is 0 Å². The number of esters is 1. The highest BCUT2D eigenvalue weighted by Crippen LogP contribution is 2.29. The van der Waals surface area contributed by atoms with Crippen LogP contribution in [0.4, 0.5) is 0 Å². The number of amides is 1. The van der Waals surface area contributed by atoms with Gasteiger partial charge in [-0.3, -0.25) is 4.79 Å². The van der Waals surface area contributed by atoms with Gasteiger partial charge < -0.3 is 9.64 Å². The Bertz CT molecular complexity index is 289. The summed E-state index contributed by atoms with van der Waals surface area (Å²) in [5.74, 6) is 1.45. The van der Waals surface area contributed by atoms with E-state index in [0.717, 1.165) is 12.8 Å². The molecule has 82 valence electrons. The molecule has 0 saturated heterocycles. The molecule has 4 nitrogen and oxygen atoms in total. The van der Waals surface area contributed by atoms with Crippen LogP contribution < -0.4 is 0 Å². The molecular formula is C11H15NO3. The van der Waals surface area contributed by atoms with E-state index in [4.69, 9.17) is 6.42 Å². The molecule has 0 atom stereocenters. The Kier molecular flexibility index (Phi) is 4.17. The Hall–Kier alpha value is -1.50. The molecule has 0 unspecified atom stereocenters. The lowest BCUT2D eigenvalue weighted by atomic mass is 10.3. The van der Waals surface area contributed by atoms with Crippen LogP contribution in [0.5, 0.6) is 0 Å². The molecule has 1 amide bonds. The molecule has 1 aliphatic rings. The van der Waals surface area contributed by atoms with E-state index in [1.54, 1.807) is 6.92 Å². The Morgan fingerprint density at radius 3 is 2.67 bits per heavy atom. The topological polar surface area (TPSA) is 46.6 Å². The minimum Gasteiger partial charge on any atom is -0.459 e. The van der Waals surface area contributed by atoms with E-state index in [-0.39, 0.29) is 13.2 Å². The van der Waals surface area contributed by atoms with Crippen molar-refractivity contribution in [3.63, 3.8) is 0 Å². The fraction of sp³-hybridized carbons (Fsp3) is 0.636. The molecule has 0 heterocycles. The van der Waals surface area contributed by atoms with Crippen molar-refractivity contribution in [1.82, 2.24) is 4.90 Å². The Labute approximate surface area is 89.6 Å². The van der Waals surface area contributed by atoms with Crippen LogP contribution in [0, 0.1) is 18.3 Å². The molecule has 0 aliphatic heterocycles. The van der Waals surface area contributed by atoms with Gasteiger partial charge in [0.2, 0.25) is 0 Å². The number of ether oxygens (including phenoxy) is 1. The van der Waals surface area contributed by atoms with Crippen LogP contribution in [0.25, 0.3) is 0 Å². The minimum absolute atomic E-state index is 0.175. The molecule has 0 aromatic rings. The van der Waals surface area contributed by atoms with Gasteiger partial charge in [0, 0.05) is 6.54 Å². The first kappa shape index (κ1) is 11.6. The molecular weight excluding hydrogens is 194 g/mol. The fourth-order valence-corrected chi connectivity index (χ4v) is 1.26. The van der Waals surface area contributed by atoms with Gasteiger partial charge >= 0.3 is 11.9 Å². The van der Waals surface area contributed by atoms with Crippen LogP contribution in [0.1, 0.15) is 19.8 Å². The number of hydrogen-bond donors (Lipinski definition) is 0. The normalized spacial score (nSPS) is 14.1. The summed E-state index contributed by atoms with van der Waals surface area (Å²) in [6.45, 7) is 2.62. The third-order valence-corrected chi connectivity index (χ3v) is 2.19. The second-order valence-corrected chi connectivity index (χ2v) is 3.55. The Morgan fingerprint density at radius 2 is 2.20 bits per heavy atom. The summed E-state index contributed by atoms with van der Waals surface area (Å²) in [5, 5.41) is 0. The van der Waals surface area contributed by atoms with Crippen LogP contribution in [0.2, 0.25) is 0 Å². The summed E-state index contributed by atoms with van der Waals surface area (Å²) in [7, 11) is 0. The molecule has 0 N–H and O–H groups in total. The molecule has 1 fully saturated rings. The maximum absolute atomic E-state index is 11.5. The summed E-state index contributed by atoms with van der Waals surface area (Å²) in [5.41, 5.74) is 0. The molecule has 1 aliphatic carbocycles. The molecule has 0 bridgehead atoms. The average molecular weight is 209 g/mol. The largest absolute Gasteiger partial charge is 0.459 e. The van der Waals surface area contributed by atoms with Crippen LogP contribution in [0.15, 0.2) is 0 Å². The van der Waals surface area contributed by atoms with Crippen molar-refractivity contribution < 1.29 is 14.3 Å². The Morgan fingerprint density at radius 1 is 1.53 bits per heavy atom. The summed E-state index contributed by atoms with van der Waals surface area (Å²) < 4.78 is 4.63. The molecule has 0 radical (unpaired) electrons. The van der Waals surface area contributed by atoms with E-state index in [2.05, 4.69) is 10.7 Å². The van der Waals surface area contributed by atoms with E-state index in [1.165, 1.54) is 4.90 Å². The van der Waals surface area contributed by atoms with Gasteiger partial charge in [0.05, 0.1) is 13.2 Å². The summed E-state index contributed by atoms with van der Waals surface area (Å²) >= 11 is 0. The van der Waals surface area contributed by atoms with Gasteiger partial charge in [-0.1, -0.05) is 5.92 Å². The molecule has 0 aromatic carbocycles. The van der Waals surface area contributed by atoms with Crippen molar-refractivity contribution in [1.29, 1.82) is 0 Å². The van der Waals surface area contributed by atoms with Crippen LogP contribution >= 0.6 is 0 Å². The smallest absolute Gasteiger partial charge is 0.397 e. The zero-order valence-electron chi connectivity index (χ0n) is 8.86. The molecule has 1 rings (SSSR count). The van der Waals surface area contributed by atoms with Gasteiger partial charge in [-0.25, -0.2) is 4.79 Å². The number of nitrogens with zero attached hydrogens (tertiary/aromatic N) is 1. The van der Waals surface area contributed by atoms with Crippen molar-refractivity contribution in [3.05, 3.63) is 0 Å². The lowest BCUT2D eigenvalue weighted by Crippen LogP contribution is -2.39. The predicted molar refractivity (Wildman–Crippen MR) is 54.8 cm³/mol. The maximum Gasteiger partial charge on any atom is 0.397 e. The van der Waals surface area contributed by atoms with Gasteiger partial charge in [-0.2, -0.15) is 0 Å².